The minimum atomic E-state index is -4.52. The lowest BCUT2D eigenvalue weighted by Crippen LogP contribution is -2.07. The summed E-state index contributed by atoms with van der Waals surface area (Å²) < 4.78 is 39.8. The van der Waals surface area contributed by atoms with Crippen molar-refractivity contribution in [2.45, 2.75) is 6.18 Å². The van der Waals surface area contributed by atoms with E-state index >= 15 is 0 Å². The number of rotatable bonds is 1. The third kappa shape index (κ3) is 2.38. The lowest BCUT2D eigenvalue weighted by atomic mass is 10.2. The van der Waals surface area contributed by atoms with Gasteiger partial charge in [-0.05, 0) is 18.2 Å². The molecule has 9 heteroatoms. The van der Waals surface area contributed by atoms with Crippen molar-refractivity contribution in [1.29, 1.82) is 0 Å². The molecule has 3 heterocycles. The molecule has 0 bridgehead atoms. The van der Waals surface area contributed by atoms with Gasteiger partial charge < -0.3 is 5.73 Å². The monoisotopic (exact) mass is 313 g/mol. The predicted molar refractivity (Wildman–Crippen MR) is 70.6 cm³/mol. The van der Waals surface area contributed by atoms with E-state index in [1.165, 1.54) is 16.7 Å². The fourth-order valence-corrected chi connectivity index (χ4v) is 2.14. The predicted octanol–water partition coefficient (Wildman–Crippen LogP) is 3.05. The molecule has 0 spiro atoms. The topological polar surface area (TPSA) is 69.1 Å². The van der Waals surface area contributed by atoms with Crippen LogP contribution in [0.25, 0.3) is 17.0 Å². The third-order valence-electron chi connectivity index (χ3n) is 2.83. The van der Waals surface area contributed by atoms with Crippen molar-refractivity contribution in [3.05, 3.63) is 41.2 Å². The Balaban J connectivity index is 2.28. The molecule has 5 nitrogen and oxygen atoms in total. The Bertz CT molecular complexity index is 827. The smallest absolute Gasteiger partial charge is 0.384 e. The van der Waals surface area contributed by atoms with Crippen LogP contribution in [-0.4, -0.2) is 19.6 Å². The number of nitrogen functional groups attached to an aromatic ring is 1. The van der Waals surface area contributed by atoms with Gasteiger partial charge in [0.05, 0.1) is 10.6 Å². The Hall–Kier alpha value is -2.35. The first kappa shape index (κ1) is 13.6. The van der Waals surface area contributed by atoms with Crippen LogP contribution in [0.2, 0.25) is 5.02 Å². The molecule has 0 aliphatic carbocycles. The second kappa shape index (κ2) is 4.59. The Labute approximate surface area is 121 Å². The zero-order chi connectivity index (χ0) is 15.2. The molecule has 0 aliphatic rings. The molecular formula is C12H7ClF3N5. The Morgan fingerprint density at radius 3 is 2.62 bits per heavy atom. The van der Waals surface area contributed by atoms with E-state index in [-0.39, 0.29) is 22.3 Å². The zero-order valence-corrected chi connectivity index (χ0v) is 11.0. The molecule has 21 heavy (non-hydrogen) atoms. The molecule has 0 saturated carbocycles. The highest BCUT2D eigenvalue weighted by atomic mass is 35.5. The molecule has 2 N–H and O–H groups in total. The maximum Gasteiger partial charge on any atom is 0.417 e. The van der Waals surface area contributed by atoms with Gasteiger partial charge in [0.2, 0.25) is 0 Å². The van der Waals surface area contributed by atoms with E-state index in [1.807, 2.05) is 0 Å². The average molecular weight is 314 g/mol. The third-order valence-corrected chi connectivity index (χ3v) is 3.10. The van der Waals surface area contributed by atoms with Gasteiger partial charge in [0, 0.05) is 18.0 Å². The van der Waals surface area contributed by atoms with Crippen molar-refractivity contribution in [2.75, 3.05) is 5.73 Å². The van der Waals surface area contributed by atoms with Crippen molar-refractivity contribution in [3.8, 4) is 11.4 Å². The first-order valence-corrected chi connectivity index (χ1v) is 6.07. The summed E-state index contributed by atoms with van der Waals surface area (Å²) in [7, 11) is 0. The maximum absolute atomic E-state index is 12.9. The van der Waals surface area contributed by atoms with E-state index < -0.39 is 11.7 Å². The summed E-state index contributed by atoms with van der Waals surface area (Å²) in [6.45, 7) is 0. The van der Waals surface area contributed by atoms with E-state index in [0.29, 0.717) is 5.56 Å². The summed E-state index contributed by atoms with van der Waals surface area (Å²) in [4.78, 5) is 3.82. The van der Waals surface area contributed by atoms with Crippen LogP contribution in [0.1, 0.15) is 5.56 Å². The standard InChI is InChI=1S/C12H7ClF3N5/c13-8-4-7(12(14,15)16)5-21-10(19-20-11(8)21)6-1-2-18-9(17)3-6/h1-5H,(H2,17,18). The fraction of sp³-hybridized carbons (Fsp3) is 0.0833. The molecule has 0 saturated heterocycles. The van der Waals surface area contributed by atoms with E-state index in [1.54, 1.807) is 6.07 Å². The van der Waals surface area contributed by atoms with Crippen LogP contribution in [-0.2, 0) is 6.18 Å². The normalized spacial score (nSPS) is 12.0. The van der Waals surface area contributed by atoms with Crippen LogP contribution in [0.4, 0.5) is 19.0 Å². The Kier molecular flexibility index (Phi) is 2.98. The number of aromatic nitrogens is 4. The van der Waals surface area contributed by atoms with Gasteiger partial charge >= 0.3 is 6.18 Å². The number of nitrogens with zero attached hydrogens (tertiary/aromatic N) is 4. The molecule has 0 fully saturated rings. The van der Waals surface area contributed by atoms with E-state index in [9.17, 15) is 13.2 Å². The van der Waals surface area contributed by atoms with Crippen molar-refractivity contribution >= 4 is 23.1 Å². The number of hydrogen-bond donors (Lipinski definition) is 1. The highest BCUT2D eigenvalue weighted by Gasteiger charge is 2.32. The summed E-state index contributed by atoms with van der Waals surface area (Å²) in [5.41, 5.74) is 5.30. The minimum absolute atomic E-state index is 0.134. The minimum Gasteiger partial charge on any atom is -0.384 e. The maximum atomic E-state index is 12.9. The van der Waals surface area contributed by atoms with Crippen molar-refractivity contribution in [2.24, 2.45) is 0 Å². The highest BCUT2D eigenvalue weighted by Crippen LogP contribution is 2.33. The molecular weight excluding hydrogens is 307 g/mol. The lowest BCUT2D eigenvalue weighted by Gasteiger charge is -2.09. The van der Waals surface area contributed by atoms with Crippen LogP contribution in [0.3, 0.4) is 0 Å². The number of pyridine rings is 2. The molecule has 3 rings (SSSR count). The van der Waals surface area contributed by atoms with Crippen molar-refractivity contribution < 1.29 is 13.2 Å². The molecule has 0 unspecified atom stereocenters. The van der Waals surface area contributed by atoms with Gasteiger partial charge in [0.15, 0.2) is 11.5 Å². The highest BCUT2D eigenvalue weighted by molar-refractivity contribution is 6.33. The number of fused-ring (bicyclic) bond motifs is 1. The van der Waals surface area contributed by atoms with Crippen LogP contribution in [0.15, 0.2) is 30.6 Å². The quantitative estimate of drug-likeness (QED) is 0.749. The van der Waals surface area contributed by atoms with Gasteiger partial charge in [-0.15, -0.1) is 10.2 Å². The lowest BCUT2D eigenvalue weighted by molar-refractivity contribution is -0.137. The first-order chi connectivity index (χ1) is 9.86. The molecule has 0 aliphatic heterocycles. The Morgan fingerprint density at radius 2 is 1.95 bits per heavy atom. The number of alkyl halides is 3. The summed E-state index contributed by atoms with van der Waals surface area (Å²) in [5.74, 6) is 0.425. The summed E-state index contributed by atoms with van der Waals surface area (Å²) in [5, 5.41) is 7.53. The number of anilines is 1. The second-order valence-corrected chi connectivity index (χ2v) is 4.67. The summed E-state index contributed by atoms with van der Waals surface area (Å²) >= 11 is 5.84. The van der Waals surface area contributed by atoms with Crippen LogP contribution < -0.4 is 5.73 Å². The summed E-state index contributed by atoms with van der Waals surface area (Å²) in [6, 6.07) is 3.88. The van der Waals surface area contributed by atoms with E-state index in [2.05, 4.69) is 15.2 Å². The number of nitrogens with two attached hydrogens (primary N) is 1. The van der Waals surface area contributed by atoms with Gasteiger partial charge in [-0.25, -0.2) is 4.98 Å². The fourth-order valence-electron chi connectivity index (χ4n) is 1.89. The average Bonchev–Trinajstić information content (AvgIpc) is 2.82. The molecule has 0 radical (unpaired) electrons. The first-order valence-electron chi connectivity index (χ1n) is 5.69. The van der Waals surface area contributed by atoms with Gasteiger partial charge in [0.1, 0.15) is 5.82 Å². The van der Waals surface area contributed by atoms with Crippen molar-refractivity contribution in [1.82, 2.24) is 19.6 Å². The number of halogens is 4. The molecule has 0 aromatic carbocycles. The van der Waals surface area contributed by atoms with Gasteiger partial charge in [0.25, 0.3) is 0 Å². The van der Waals surface area contributed by atoms with Crippen molar-refractivity contribution in [3.63, 3.8) is 0 Å². The summed E-state index contributed by atoms with van der Waals surface area (Å²) in [6.07, 6.45) is -2.19. The molecule has 3 aromatic heterocycles. The Morgan fingerprint density at radius 1 is 1.19 bits per heavy atom. The molecule has 0 amide bonds. The van der Waals surface area contributed by atoms with Gasteiger partial charge in [-0.1, -0.05) is 11.6 Å². The molecule has 108 valence electrons. The largest absolute Gasteiger partial charge is 0.417 e. The zero-order valence-electron chi connectivity index (χ0n) is 10.3. The van der Waals surface area contributed by atoms with E-state index in [4.69, 9.17) is 17.3 Å². The molecule has 0 atom stereocenters. The van der Waals surface area contributed by atoms with Gasteiger partial charge in [-0.3, -0.25) is 4.40 Å². The SMILES string of the molecule is Nc1cc(-c2nnc3c(Cl)cc(C(F)(F)F)cn23)ccn1. The van der Waals surface area contributed by atoms with E-state index in [0.717, 1.165) is 12.3 Å². The second-order valence-electron chi connectivity index (χ2n) is 4.26. The molecule has 3 aromatic rings. The van der Waals surface area contributed by atoms with Crippen LogP contribution in [0.5, 0.6) is 0 Å². The van der Waals surface area contributed by atoms with Crippen LogP contribution >= 0.6 is 11.6 Å². The van der Waals surface area contributed by atoms with Crippen LogP contribution in [0, 0.1) is 0 Å². The van der Waals surface area contributed by atoms with Gasteiger partial charge in [-0.2, -0.15) is 13.2 Å². The number of hydrogen-bond acceptors (Lipinski definition) is 4.